The van der Waals surface area contributed by atoms with E-state index in [1.54, 1.807) is 11.0 Å². The Labute approximate surface area is 182 Å². The summed E-state index contributed by atoms with van der Waals surface area (Å²) in [7, 11) is -2.73. The average molecular weight is 474 g/mol. The Balaban J connectivity index is 1.85. The number of carbonyl (C=O) groups excluding carboxylic acids is 1. The summed E-state index contributed by atoms with van der Waals surface area (Å²) in [6, 6.07) is 8.36. The SMILES string of the molecule is COC(=O)c1cc([N+](=O)[O-])ccc1N1CCN(S(=O)(=O)c2c(Cl)cccc2Cl)CC1. The lowest BCUT2D eigenvalue weighted by Gasteiger charge is -2.36. The van der Waals surface area contributed by atoms with Gasteiger partial charge >= 0.3 is 5.97 Å². The lowest BCUT2D eigenvalue weighted by Crippen LogP contribution is -2.49. The van der Waals surface area contributed by atoms with Crippen LogP contribution < -0.4 is 4.90 Å². The fourth-order valence-corrected chi connectivity index (χ4v) is 5.73. The van der Waals surface area contributed by atoms with Crippen LogP contribution in [0.1, 0.15) is 10.4 Å². The van der Waals surface area contributed by atoms with E-state index in [-0.39, 0.29) is 52.4 Å². The number of nitro benzene ring substituents is 1. The van der Waals surface area contributed by atoms with Gasteiger partial charge in [-0.1, -0.05) is 29.3 Å². The molecular formula is C18H17Cl2N3O6S. The Morgan fingerprint density at radius 2 is 1.70 bits per heavy atom. The molecule has 0 N–H and O–H groups in total. The fourth-order valence-electron chi connectivity index (χ4n) is 3.21. The summed E-state index contributed by atoms with van der Waals surface area (Å²) in [4.78, 5) is 24.2. The topological polar surface area (TPSA) is 110 Å². The third kappa shape index (κ3) is 4.22. The standard InChI is InChI=1S/C18H17Cl2N3O6S/c1-29-18(24)13-11-12(23(25)26)5-6-16(13)21-7-9-22(10-8-21)30(27,28)17-14(19)3-2-4-15(17)20/h2-6,11H,7-10H2,1H3. The number of nitro groups is 1. The molecule has 0 spiro atoms. The zero-order valence-corrected chi connectivity index (χ0v) is 18.1. The van der Waals surface area contributed by atoms with E-state index in [2.05, 4.69) is 0 Å². The fraction of sp³-hybridized carbons (Fsp3) is 0.278. The van der Waals surface area contributed by atoms with Crippen LogP contribution in [0.25, 0.3) is 0 Å². The van der Waals surface area contributed by atoms with Crippen molar-refractivity contribution in [3.63, 3.8) is 0 Å². The summed E-state index contributed by atoms with van der Waals surface area (Å²) in [6.07, 6.45) is 0. The van der Waals surface area contributed by atoms with E-state index >= 15 is 0 Å². The maximum absolute atomic E-state index is 13.0. The van der Waals surface area contributed by atoms with Crippen LogP contribution >= 0.6 is 23.2 Å². The highest BCUT2D eigenvalue weighted by Crippen LogP contribution is 2.33. The largest absolute Gasteiger partial charge is 0.465 e. The van der Waals surface area contributed by atoms with Crippen molar-refractivity contribution in [3.05, 3.63) is 62.1 Å². The van der Waals surface area contributed by atoms with Crippen LogP contribution in [0.2, 0.25) is 10.0 Å². The van der Waals surface area contributed by atoms with Crippen LogP contribution in [-0.2, 0) is 14.8 Å². The van der Waals surface area contributed by atoms with Crippen LogP contribution in [0.3, 0.4) is 0 Å². The van der Waals surface area contributed by atoms with Crippen molar-refractivity contribution in [1.82, 2.24) is 4.31 Å². The minimum atomic E-state index is -3.92. The van der Waals surface area contributed by atoms with Gasteiger partial charge in [-0.05, 0) is 18.2 Å². The van der Waals surface area contributed by atoms with Crippen LogP contribution in [0, 0.1) is 10.1 Å². The highest BCUT2D eigenvalue weighted by Gasteiger charge is 2.33. The molecule has 0 unspecified atom stereocenters. The second-order valence-electron chi connectivity index (χ2n) is 6.39. The summed E-state index contributed by atoms with van der Waals surface area (Å²) in [5.74, 6) is -0.716. The number of esters is 1. The molecule has 0 aliphatic carbocycles. The van der Waals surface area contributed by atoms with E-state index in [4.69, 9.17) is 27.9 Å². The van der Waals surface area contributed by atoms with Gasteiger partial charge in [0.15, 0.2) is 0 Å². The summed E-state index contributed by atoms with van der Waals surface area (Å²) >= 11 is 12.1. The Hall–Kier alpha value is -2.40. The Kier molecular flexibility index (Phi) is 6.51. The van der Waals surface area contributed by atoms with Gasteiger partial charge in [-0.25, -0.2) is 13.2 Å². The first kappa shape index (κ1) is 22.3. The number of rotatable bonds is 5. The normalized spacial score (nSPS) is 15.1. The van der Waals surface area contributed by atoms with Gasteiger partial charge in [-0.2, -0.15) is 4.31 Å². The number of hydrogen-bond acceptors (Lipinski definition) is 7. The summed E-state index contributed by atoms with van der Waals surface area (Å²) in [5, 5.41) is 11.1. The predicted molar refractivity (Wildman–Crippen MR) is 112 cm³/mol. The molecule has 0 atom stereocenters. The minimum absolute atomic E-state index is 0.0354. The molecule has 2 aromatic rings. The lowest BCUT2D eigenvalue weighted by atomic mass is 10.1. The molecule has 3 rings (SSSR count). The van der Waals surface area contributed by atoms with E-state index in [1.807, 2.05) is 0 Å². The Bertz CT molecular complexity index is 1080. The average Bonchev–Trinajstić information content (AvgIpc) is 2.72. The van der Waals surface area contributed by atoms with Crippen molar-refractivity contribution < 1.29 is 22.9 Å². The number of benzene rings is 2. The van der Waals surface area contributed by atoms with Gasteiger partial charge in [0.25, 0.3) is 5.69 Å². The molecule has 0 saturated carbocycles. The van der Waals surface area contributed by atoms with Crippen molar-refractivity contribution in [1.29, 1.82) is 0 Å². The molecule has 1 aliphatic heterocycles. The molecule has 1 aliphatic rings. The zero-order valence-electron chi connectivity index (χ0n) is 15.7. The maximum Gasteiger partial charge on any atom is 0.340 e. The molecular weight excluding hydrogens is 457 g/mol. The van der Waals surface area contributed by atoms with Gasteiger partial charge in [0, 0.05) is 38.3 Å². The lowest BCUT2D eigenvalue weighted by molar-refractivity contribution is -0.384. The van der Waals surface area contributed by atoms with Gasteiger partial charge in [0.1, 0.15) is 4.90 Å². The molecule has 0 aromatic heterocycles. The number of sulfonamides is 1. The van der Waals surface area contributed by atoms with E-state index in [9.17, 15) is 23.3 Å². The minimum Gasteiger partial charge on any atom is -0.465 e. The van der Waals surface area contributed by atoms with Gasteiger partial charge in [0.05, 0.1) is 33.3 Å². The van der Waals surface area contributed by atoms with E-state index in [0.717, 1.165) is 6.07 Å². The number of anilines is 1. The number of halogens is 2. The quantitative estimate of drug-likeness (QED) is 0.372. The maximum atomic E-state index is 13.0. The first-order valence-corrected chi connectivity index (χ1v) is 10.9. The predicted octanol–water partition coefficient (Wildman–Crippen LogP) is 3.20. The van der Waals surface area contributed by atoms with Crippen LogP contribution in [0.4, 0.5) is 11.4 Å². The number of non-ortho nitro benzene ring substituents is 1. The van der Waals surface area contributed by atoms with Crippen molar-refractivity contribution >= 4 is 50.6 Å². The van der Waals surface area contributed by atoms with Crippen LogP contribution in [-0.4, -0.2) is 56.9 Å². The Morgan fingerprint density at radius 1 is 1.10 bits per heavy atom. The van der Waals surface area contributed by atoms with Crippen molar-refractivity contribution in [3.8, 4) is 0 Å². The number of nitrogens with zero attached hydrogens (tertiary/aromatic N) is 3. The molecule has 1 fully saturated rings. The third-order valence-corrected chi connectivity index (χ3v) is 7.55. The molecule has 9 nitrogen and oxygen atoms in total. The van der Waals surface area contributed by atoms with E-state index in [1.165, 1.54) is 35.7 Å². The summed E-state index contributed by atoms with van der Waals surface area (Å²) in [6.45, 7) is 0.731. The number of ether oxygens (including phenoxy) is 1. The second kappa shape index (κ2) is 8.76. The smallest absolute Gasteiger partial charge is 0.340 e. The summed E-state index contributed by atoms with van der Waals surface area (Å²) in [5.41, 5.74) is 0.228. The van der Waals surface area contributed by atoms with Crippen LogP contribution in [0.15, 0.2) is 41.3 Å². The molecule has 0 bridgehead atoms. The number of piperazine rings is 1. The molecule has 1 saturated heterocycles. The van der Waals surface area contributed by atoms with E-state index < -0.39 is 20.9 Å². The molecule has 2 aromatic carbocycles. The van der Waals surface area contributed by atoms with Gasteiger partial charge in [-0.3, -0.25) is 10.1 Å². The molecule has 0 radical (unpaired) electrons. The highest BCUT2D eigenvalue weighted by atomic mass is 35.5. The van der Waals surface area contributed by atoms with Gasteiger partial charge < -0.3 is 9.64 Å². The molecule has 160 valence electrons. The monoisotopic (exact) mass is 473 g/mol. The summed E-state index contributed by atoms with van der Waals surface area (Å²) < 4.78 is 32.0. The first-order chi connectivity index (χ1) is 14.2. The first-order valence-electron chi connectivity index (χ1n) is 8.72. The highest BCUT2D eigenvalue weighted by molar-refractivity contribution is 7.89. The Morgan fingerprint density at radius 3 is 2.23 bits per heavy atom. The van der Waals surface area contributed by atoms with Crippen molar-refractivity contribution in [2.45, 2.75) is 4.90 Å². The molecule has 30 heavy (non-hydrogen) atoms. The number of methoxy groups -OCH3 is 1. The van der Waals surface area contributed by atoms with Crippen molar-refractivity contribution in [2.75, 3.05) is 38.2 Å². The van der Waals surface area contributed by atoms with E-state index in [0.29, 0.717) is 5.69 Å². The van der Waals surface area contributed by atoms with Gasteiger partial charge in [0.2, 0.25) is 10.0 Å². The third-order valence-electron chi connectivity index (χ3n) is 4.69. The van der Waals surface area contributed by atoms with Crippen molar-refractivity contribution in [2.24, 2.45) is 0 Å². The number of carbonyl (C=O) groups is 1. The molecule has 1 heterocycles. The molecule has 0 amide bonds. The van der Waals surface area contributed by atoms with Crippen LogP contribution in [0.5, 0.6) is 0 Å². The second-order valence-corrected chi connectivity index (χ2v) is 9.08. The molecule has 12 heteroatoms. The zero-order chi connectivity index (χ0) is 22.1. The van der Waals surface area contributed by atoms with Gasteiger partial charge in [-0.15, -0.1) is 0 Å². The number of hydrogen-bond donors (Lipinski definition) is 0.